The molecule has 1 aliphatic rings. The Morgan fingerprint density at radius 1 is 1.39 bits per heavy atom. The number of aromatic amines is 1. The third kappa shape index (κ3) is 1.49. The average Bonchev–Trinajstić information content (AvgIpc) is 2.26. The monoisotopic (exact) mass is 244 g/mol. The third-order valence-corrected chi connectivity index (χ3v) is 3.25. The van der Waals surface area contributed by atoms with Gasteiger partial charge in [0.1, 0.15) is 0 Å². The lowest BCUT2D eigenvalue weighted by Crippen LogP contribution is -2.22. The first-order chi connectivity index (χ1) is 8.56. The number of Topliss-reactive ketones (excluding diaryl/α,β-unsaturated/α-hetero) is 1. The van der Waals surface area contributed by atoms with Gasteiger partial charge in [0.2, 0.25) is 5.95 Å². The molecule has 0 saturated heterocycles. The Labute approximate surface area is 102 Å². The maximum atomic E-state index is 12.0. The summed E-state index contributed by atoms with van der Waals surface area (Å²) in [6, 6.07) is 0. The van der Waals surface area contributed by atoms with E-state index in [0.717, 1.165) is 5.56 Å². The van der Waals surface area contributed by atoms with Gasteiger partial charge in [0.15, 0.2) is 11.4 Å². The Hall–Kier alpha value is -2.24. The van der Waals surface area contributed by atoms with Crippen molar-refractivity contribution in [1.82, 2.24) is 15.0 Å². The molecular weight excluding hydrogens is 232 g/mol. The van der Waals surface area contributed by atoms with Crippen molar-refractivity contribution in [1.29, 1.82) is 0 Å². The first-order valence-corrected chi connectivity index (χ1v) is 5.77. The van der Waals surface area contributed by atoms with E-state index in [1.807, 2.05) is 6.92 Å². The normalized spacial score (nSPS) is 18.9. The third-order valence-electron chi connectivity index (χ3n) is 3.25. The van der Waals surface area contributed by atoms with Crippen LogP contribution in [0.3, 0.4) is 0 Å². The zero-order chi connectivity index (χ0) is 12.9. The van der Waals surface area contributed by atoms with Gasteiger partial charge in [-0.1, -0.05) is 6.92 Å². The van der Waals surface area contributed by atoms with Crippen molar-refractivity contribution < 1.29 is 4.79 Å². The van der Waals surface area contributed by atoms with Crippen molar-refractivity contribution in [3.05, 3.63) is 27.7 Å². The highest BCUT2D eigenvalue weighted by atomic mass is 16.1. The second-order valence-electron chi connectivity index (χ2n) is 4.74. The zero-order valence-electron chi connectivity index (χ0n) is 9.86. The van der Waals surface area contributed by atoms with E-state index in [2.05, 4.69) is 15.0 Å². The number of nitrogens with two attached hydrogens (primary N) is 1. The quantitative estimate of drug-likeness (QED) is 0.709. The fourth-order valence-corrected chi connectivity index (χ4v) is 2.48. The minimum atomic E-state index is -0.330. The number of anilines is 1. The molecule has 0 amide bonds. The van der Waals surface area contributed by atoms with Gasteiger partial charge in [0, 0.05) is 18.2 Å². The molecule has 2 aromatic rings. The number of rotatable bonds is 0. The lowest BCUT2D eigenvalue weighted by molar-refractivity contribution is 0.0953. The molecular formula is C12H12N4O2. The molecule has 0 saturated carbocycles. The number of H-pyrrole nitrogens is 1. The van der Waals surface area contributed by atoms with Crippen LogP contribution in [0.1, 0.15) is 29.3 Å². The first kappa shape index (κ1) is 10.9. The summed E-state index contributed by atoms with van der Waals surface area (Å²) in [5, 5.41) is 0.390. The van der Waals surface area contributed by atoms with Gasteiger partial charge in [0.25, 0.3) is 5.56 Å². The van der Waals surface area contributed by atoms with Gasteiger partial charge in [-0.05, 0) is 17.9 Å². The number of pyridine rings is 1. The number of nitrogen functional groups attached to an aromatic ring is 1. The van der Waals surface area contributed by atoms with Gasteiger partial charge in [-0.2, -0.15) is 4.98 Å². The lowest BCUT2D eigenvalue weighted by Gasteiger charge is -2.20. The molecule has 0 spiro atoms. The largest absolute Gasteiger partial charge is 0.369 e. The van der Waals surface area contributed by atoms with Crippen molar-refractivity contribution >= 4 is 22.8 Å². The number of carbonyl (C=O) groups is 1. The highest BCUT2D eigenvalue weighted by molar-refractivity contribution is 6.02. The second-order valence-corrected chi connectivity index (χ2v) is 4.74. The molecule has 0 unspecified atom stereocenters. The predicted octanol–water partition coefficient (Wildman–Crippen LogP) is 0.665. The molecule has 0 aliphatic heterocycles. The van der Waals surface area contributed by atoms with Crippen molar-refractivity contribution in [2.75, 3.05) is 5.73 Å². The second kappa shape index (κ2) is 3.63. The minimum absolute atomic E-state index is 0.0365. The fraction of sp³-hybridized carbons (Fsp3) is 0.333. The van der Waals surface area contributed by atoms with Crippen molar-refractivity contribution in [2.45, 2.75) is 19.8 Å². The van der Waals surface area contributed by atoms with Crippen molar-refractivity contribution in [3.63, 3.8) is 0 Å². The fourth-order valence-electron chi connectivity index (χ4n) is 2.48. The molecule has 0 bridgehead atoms. The summed E-state index contributed by atoms with van der Waals surface area (Å²) in [4.78, 5) is 34.4. The van der Waals surface area contributed by atoms with Gasteiger partial charge >= 0.3 is 0 Å². The van der Waals surface area contributed by atoms with Crippen LogP contribution in [-0.2, 0) is 6.42 Å². The molecule has 2 heterocycles. The van der Waals surface area contributed by atoms with Crippen LogP contribution < -0.4 is 11.3 Å². The minimum Gasteiger partial charge on any atom is -0.369 e. The van der Waals surface area contributed by atoms with Gasteiger partial charge in [0.05, 0.1) is 5.39 Å². The highest BCUT2D eigenvalue weighted by Gasteiger charge is 2.26. The zero-order valence-corrected chi connectivity index (χ0v) is 9.86. The average molecular weight is 244 g/mol. The first-order valence-electron chi connectivity index (χ1n) is 5.77. The van der Waals surface area contributed by atoms with E-state index in [1.54, 1.807) is 0 Å². The number of ketones is 1. The van der Waals surface area contributed by atoms with Crippen molar-refractivity contribution in [3.8, 4) is 0 Å². The van der Waals surface area contributed by atoms with Crippen LogP contribution in [0.2, 0.25) is 0 Å². The molecule has 0 radical (unpaired) electrons. The molecule has 3 N–H and O–H groups in total. The topological polar surface area (TPSA) is 102 Å². The van der Waals surface area contributed by atoms with E-state index in [0.29, 0.717) is 29.4 Å². The summed E-state index contributed by atoms with van der Waals surface area (Å²) in [5.74, 6) is 0.303. The summed E-state index contributed by atoms with van der Waals surface area (Å²) >= 11 is 0. The van der Waals surface area contributed by atoms with E-state index >= 15 is 0 Å². The molecule has 18 heavy (non-hydrogen) atoms. The molecule has 2 aromatic heterocycles. The molecule has 3 rings (SSSR count). The summed E-state index contributed by atoms with van der Waals surface area (Å²) in [7, 11) is 0. The molecule has 6 nitrogen and oxygen atoms in total. The van der Waals surface area contributed by atoms with E-state index in [-0.39, 0.29) is 23.2 Å². The predicted molar refractivity (Wildman–Crippen MR) is 66.4 cm³/mol. The molecule has 92 valence electrons. The number of hydrogen-bond donors (Lipinski definition) is 2. The molecule has 6 heteroatoms. The molecule has 1 atom stereocenters. The molecule has 1 aliphatic carbocycles. The van der Waals surface area contributed by atoms with Crippen molar-refractivity contribution in [2.24, 2.45) is 5.92 Å². The van der Waals surface area contributed by atoms with E-state index in [1.165, 1.54) is 6.20 Å². The Morgan fingerprint density at radius 2 is 2.17 bits per heavy atom. The Balaban J connectivity index is 2.42. The number of nitrogens with zero attached hydrogens (tertiary/aromatic N) is 2. The Kier molecular flexibility index (Phi) is 2.19. The van der Waals surface area contributed by atoms with Gasteiger partial charge < -0.3 is 5.73 Å². The number of fused-ring (bicyclic) bond motifs is 3. The van der Waals surface area contributed by atoms with Gasteiger partial charge in [-0.15, -0.1) is 0 Å². The van der Waals surface area contributed by atoms with Gasteiger partial charge in [-0.3, -0.25) is 14.6 Å². The SMILES string of the molecule is C[C@H]1CC(=O)c2cnc3nc(N)[nH]c(=O)c3c2C1. The van der Waals surface area contributed by atoms with Crippen LogP contribution in [0, 0.1) is 5.92 Å². The summed E-state index contributed by atoms with van der Waals surface area (Å²) in [6.45, 7) is 1.99. The van der Waals surface area contributed by atoms with Crippen LogP contribution in [0.25, 0.3) is 11.0 Å². The van der Waals surface area contributed by atoms with E-state index in [4.69, 9.17) is 5.73 Å². The molecule has 0 fully saturated rings. The number of aromatic nitrogens is 3. The van der Waals surface area contributed by atoms with E-state index in [9.17, 15) is 9.59 Å². The number of carbonyl (C=O) groups excluding carboxylic acids is 1. The Morgan fingerprint density at radius 3 is 2.94 bits per heavy atom. The maximum Gasteiger partial charge on any atom is 0.262 e. The number of hydrogen-bond acceptors (Lipinski definition) is 5. The van der Waals surface area contributed by atoms with Crippen LogP contribution >= 0.6 is 0 Å². The van der Waals surface area contributed by atoms with Crippen LogP contribution in [0.15, 0.2) is 11.0 Å². The van der Waals surface area contributed by atoms with Gasteiger partial charge in [-0.25, -0.2) is 4.98 Å². The number of nitrogens with one attached hydrogen (secondary N) is 1. The highest BCUT2D eigenvalue weighted by Crippen LogP contribution is 2.28. The van der Waals surface area contributed by atoms with E-state index < -0.39 is 0 Å². The summed E-state index contributed by atoms with van der Waals surface area (Å²) in [5.41, 5.74) is 6.74. The standard InChI is InChI=1S/C12H12N4O2/c1-5-2-6-7(8(17)3-5)4-14-10-9(6)11(18)16-12(13)15-10/h4-5H,2-3H2,1H3,(H3,13,14,15,16,18)/t5-/m1/s1. The molecule has 0 aromatic carbocycles. The van der Waals surface area contributed by atoms with Crippen LogP contribution in [-0.4, -0.2) is 20.7 Å². The van der Waals surface area contributed by atoms with Crippen LogP contribution in [0.5, 0.6) is 0 Å². The smallest absolute Gasteiger partial charge is 0.262 e. The lowest BCUT2D eigenvalue weighted by atomic mass is 9.84. The summed E-state index contributed by atoms with van der Waals surface area (Å²) < 4.78 is 0. The van der Waals surface area contributed by atoms with Crippen LogP contribution in [0.4, 0.5) is 5.95 Å². The maximum absolute atomic E-state index is 12.0. The summed E-state index contributed by atoms with van der Waals surface area (Å²) in [6.07, 6.45) is 2.69. The Bertz CT molecular complexity index is 720.